The molecule has 0 spiro atoms. The molecule has 0 unspecified atom stereocenters. The number of carbonyl (C=O) groups is 1. The summed E-state index contributed by atoms with van der Waals surface area (Å²) < 4.78 is 26.5. The zero-order chi connectivity index (χ0) is 35.1. The predicted octanol–water partition coefficient (Wildman–Crippen LogP) is 7.73. The minimum Gasteiger partial charge on any atom is -0.472 e. The summed E-state index contributed by atoms with van der Waals surface area (Å²) in [5, 5.41) is 5.21. The summed E-state index contributed by atoms with van der Waals surface area (Å²) >= 11 is 0. The quantitative estimate of drug-likeness (QED) is 0.102. The molecular weight excluding hydrogens is 616 g/mol. The van der Waals surface area contributed by atoms with Crippen LogP contribution in [0.5, 0.6) is 5.75 Å². The smallest absolute Gasteiger partial charge is 0.340 e. The summed E-state index contributed by atoms with van der Waals surface area (Å²) in [7, 11) is 0. The standard InChI is InChI=1S/C40H46N4O5/c1-10-22-47-40(9)18-20-43(21-19-40)37-34(36(38(45)46-12-3)49-39(6,7)8)26(5)41-33-24-30(42-44(33)37)29-15-13-14-28-27-17-16-25(4)23-32(27)48-31(11-2)35(28)29/h2,10,13-17,23-24,31,36H,1,12,18-22H2,3-9H3/t31-,36+/m1/s1. The fourth-order valence-corrected chi connectivity index (χ4v) is 6.81. The molecule has 1 fully saturated rings. The molecule has 2 aliphatic heterocycles. The molecule has 6 rings (SSSR count). The van der Waals surface area contributed by atoms with E-state index in [-0.39, 0.29) is 12.2 Å². The number of esters is 1. The first kappa shape index (κ1) is 34.2. The van der Waals surface area contributed by atoms with E-state index in [1.165, 1.54) is 0 Å². The molecule has 0 N–H and O–H groups in total. The molecule has 2 aromatic heterocycles. The third-order valence-corrected chi connectivity index (χ3v) is 9.18. The van der Waals surface area contributed by atoms with E-state index < -0.39 is 23.8 Å². The molecule has 2 atom stereocenters. The normalized spacial score (nSPS) is 17.4. The molecule has 1 saturated heterocycles. The van der Waals surface area contributed by atoms with Gasteiger partial charge in [-0.3, -0.25) is 0 Å². The average molecular weight is 663 g/mol. The second-order valence-corrected chi connectivity index (χ2v) is 14.1. The first-order valence-corrected chi connectivity index (χ1v) is 17.0. The lowest BCUT2D eigenvalue weighted by atomic mass is 9.88. The summed E-state index contributed by atoms with van der Waals surface area (Å²) in [6.07, 6.45) is 7.80. The van der Waals surface area contributed by atoms with Crippen LogP contribution in [0.15, 0.2) is 55.1 Å². The highest BCUT2D eigenvalue weighted by molar-refractivity contribution is 5.85. The van der Waals surface area contributed by atoms with Gasteiger partial charge in [0.25, 0.3) is 0 Å². The monoisotopic (exact) mass is 662 g/mol. The van der Waals surface area contributed by atoms with Crippen molar-refractivity contribution in [2.24, 2.45) is 0 Å². The van der Waals surface area contributed by atoms with E-state index in [2.05, 4.69) is 42.5 Å². The minimum absolute atomic E-state index is 0.224. The zero-order valence-corrected chi connectivity index (χ0v) is 29.6. The highest BCUT2D eigenvalue weighted by Gasteiger charge is 2.39. The summed E-state index contributed by atoms with van der Waals surface area (Å²) in [5.74, 6) is 3.91. The largest absolute Gasteiger partial charge is 0.472 e. The molecule has 49 heavy (non-hydrogen) atoms. The van der Waals surface area contributed by atoms with E-state index in [1.807, 2.05) is 63.4 Å². The van der Waals surface area contributed by atoms with Crippen LogP contribution in [0.1, 0.15) is 82.1 Å². The van der Waals surface area contributed by atoms with Crippen molar-refractivity contribution in [3.8, 4) is 40.5 Å². The number of carbonyl (C=O) groups excluding carboxylic acids is 1. The summed E-state index contributed by atoms with van der Waals surface area (Å²) in [4.78, 5) is 20.9. The molecular formula is C40H46N4O5. The van der Waals surface area contributed by atoms with Gasteiger partial charge >= 0.3 is 5.97 Å². The molecule has 9 heteroatoms. The van der Waals surface area contributed by atoms with Gasteiger partial charge in [0, 0.05) is 41.5 Å². The molecule has 0 amide bonds. The minimum atomic E-state index is -1.02. The summed E-state index contributed by atoms with van der Waals surface area (Å²) in [6, 6.07) is 14.3. The Morgan fingerprint density at radius 3 is 2.57 bits per heavy atom. The van der Waals surface area contributed by atoms with Crippen molar-refractivity contribution < 1.29 is 23.7 Å². The number of benzene rings is 2. The Morgan fingerprint density at radius 1 is 1.16 bits per heavy atom. The van der Waals surface area contributed by atoms with E-state index in [1.54, 1.807) is 13.0 Å². The number of nitrogens with zero attached hydrogens (tertiary/aromatic N) is 4. The number of rotatable bonds is 9. The first-order valence-electron chi connectivity index (χ1n) is 17.0. The number of hydrogen-bond donors (Lipinski definition) is 0. The zero-order valence-electron chi connectivity index (χ0n) is 29.6. The van der Waals surface area contributed by atoms with Crippen molar-refractivity contribution in [1.82, 2.24) is 14.6 Å². The Bertz CT molecular complexity index is 1940. The van der Waals surface area contributed by atoms with Crippen molar-refractivity contribution in [3.05, 3.63) is 77.5 Å². The molecule has 0 saturated carbocycles. The maximum absolute atomic E-state index is 13.7. The molecule has 0 bridgehead atoms. The molecule has 4 aromatic rings. The van der Waals surface area contributed by atoms with Crippen LogP contribution in [-0.2, 0) is 19.0 Å². The molecule has 4 heterocycles. The van der Waals surface area contributed by atoms with Gasteiger partial charge in [-0.15, -0.1) is 13.0 Å². The van der Waals surface area contributed by atoms with Crippen molar-refractivity contribution in [3.63, 3.8) is 0 Å². The second kappa shape index (κ2) is 13.3. The van der Waals surface area contributed by atoms with Crippen LogP contribution in [-0.4, -0.2) is 58.1 Å². The third-order valence-electron chi connectivity index (χ3n) is 9.18. The Kier molecular flexibility index (Phi) is 9.31. The predicted molar refractivity (Wildman–Crippen MR) is 192 cm³/mol. The fourth-order valence-electron chi connectivity index (χ4n) is 6.81. The van der Waals surface area contributed by atoms with Crippen LogP contribution >= 0.6 is 0 Å². The third kappa shape index (κ3) is 6.68. The number of fused-ring (bicyclic) bond motifs is 4. The highest BCUT2D eigenvalue weighted by atomic mass is 16.6. The molecule has 2 aromatic carbocycles. The number of aromatic nitrogens is 3. The lowest BCUT2D eigenvalue weighted by Gasteiger charge is -2.41. The Morgan fingerprint density at radius 2 is 1.90 bits per heavy atom. The van der Waals surface area contributed by atoms with Gasteiger partial charge in [0.15, 0.2) is 17.9 Å². The number of aryl methyl sites for hydroxylation is 2. The molecule has 256 valence electrons. The van der Waals surface area contributed by atoms with Gasteiger partial charge < -0.3 is 23.8 Å². The van der Waals surface area contributed by atoms with Gasteiger partial charge in [0.1, 0.15) is 11.6 Å². The Hall–Kier alpha value is -4.65. The van der Waals surface area contributed by atoms with Gasteiger partial charge in [-0.1, -0.05) is 42.3 Å². The van der Waals surface area contributed by atoms with E-state index >= 15 is 0 Å². The number of ether oxygens (including phenoxy) is 4. The van der Waals surface area contributed by atoms with Crippen LogP contribution in [0.3, 0.4) is 0 Å². The van der Waals surface area contributed by atoms with E-state index in [0.29, 0.717) is 42.3 Å². The van der Waals surface area contributed by atoms with Gasteiger partial charge in [0.2, 0.25) is 0 Å². The van der Waals surface area contributed by atoms with Gasteiger partial charge in [0.05, 0.1) is 35.7 Å². The Labute approximate surface area is 289 Å². The van der Waals surface area contributed by atoms with Crippen LogP contribution in [0.4, 0.5) is 5.82 Å². The number of anilines is 1. The van der Waals surface area contributed by atoms with E-state index in [4.69, 9.17) is 35.5 Å². The lowest BCUT2D eigenvalue weighted by Crippen LogP contribution is -2.45. The highest BCUT2D eigenvalue weighted by Crippen LogP contribution is 2.47. The number of hydrogen-bond acceptors (Lipinski definition) is 8. The number of terminal acetylenes is 1. The van der Waals surface area contributed by atoms with Crippen molar-refractivity contribution in [2.75, 3.05) is 31.2 Å². The Balaban J connectivity index is 1.55. The average Bonchev–Trinajstić information content (AvgIpc) is 3.48. The summed E-state index contributed by atoms with van der Waals surface area (Å²) in [5.41, 5.74) is 6.54. The number of piperidine rings is 1. The topological polar surface area (TPSA) is 87.4 Å². The molecule has 9 nitrogen and oxygen atoms in total. The van der Waals surface area contributed by atoms with Crippen LogP contribution in [0.25, 0.3) is 28.0 Å². The van der Waals surface area contributed by atoms with Gasteiger partial charge in [-0.05, 0) is 78.5 Å². The van der Waals surface area contributed by atoms with Crippen molar-refractivity contribution in [2.45, 2.75) is 84.7 Å². The van der Waals surface area contributed by atoms with Crippen LogP contribution < -0.4 is 9.64 Å². The maximum Gasteiger partial charge on any atom is 0.340 e. The molecule has 0 aliphatic carbocycles. The van der Waals surface area contributed by atoms with Gasteiger partial charge in [-0.2, -0.15) is 9.61 Å². The van der Waals surface area contributed by atoms with E-state index in [0.717, 1.165) is 52.2 Å². The van der Waals surface area contributed by atoms with Gasteiger partial charge in [-0.25, -0.2) is 9.78 Å². The maximum atomic E-state index is 13.7. The van der Waals surface area contributed by atoms with Crippen molar-refractivity contribution >= 4 is 17.4 Å². The SMILES string of the molecule is C#C[C@H]1Oc2cc(C)ccc2-c2cccc(-c3cc4nc(C)c([C@H](OC(C)(C)C)C(=O)OCC)c(N5CCC(C)(OCC=C)CC5)n4n3)c21. The second-order valence-electron chi connectivity index (χ2n) is 14.1. The fraction of sp³-hybridized carbons (Fsp3) is 0.425. The molecule has 2 aliphatic rings. The van der Waals surface area contributed by atoms with Crippen LogP contribution in [0.2, 0.25) is 0 Å². The lowest BCUT2D eigenvalue weighted by molar-refractivity contribution is -0.166. The van der Waals surface area contributed by atoms with Crippen LogP contribution in [0, 0.1) is 26.2 Å². The first-order chi connectivity index (χ1) is 23.4. The molecule has 0 radical (unpaired) electrons. The summed E-state index contributed by atoms with van der Waals surface area (Å²) in [6.45, 7) is 19.5. The van der Waals surface area contributed by atoms with E-state index in [9.17, 15) is 4.79 Å². The van der Waals surface area contributed by atoms with Crippen molar-refractivity contribution in [1.29, 1.82) is 0 Å².